The van der Waals surface area contributed by atoms with Gasteiger partial charge in [-0.25, -0.2) is 0 Å². The van der Waals surface area contributed by atoms with Gasteiger partial charge in [0, 0.05) is 15.9 Å². The number of carboxylic acid groups (broad SMARTS) is 1. The summed E-state index contributed by atoms with van der Waals surface area (Å²) in [6.45, 7) is 4.10. The Morgan fingerprint density at radius 1 is 1.60 bits per heavy atom. The third kappa shape index (κ3) is 7.43. The quantitative estimate of drug-likeness (QED) is 0.489. The monoisotopic (exact) mass is 158 g/mol. The number of hydrogen-bond acceptors (Lipinski definition) is 1. The lowest BCUT2D eigenvalue weighted by atomic mass is 10.4. The summed E-state index contributed by atoms with van der Waals surface area (Å²) in [5, 5.41) is 8.28. The van der Waals surface area contributed by atoms with Crippen molar-refractivity contribution in [1.29, 1.82) is 0 Å². The first-order chi connectivity index (χ1) is 4.63. The van der Waals surface area contributed by atoms with Crippen LogP contribution in [0.5, 0.6) is 0 Å². The Bertz CT molecular complexity index is 137. The van der Waals surface area contributed by atoms with Crippen LogP contribution >= 0.6 is 0 Å². The zero-order valence-electron chi connectivity index (χ0n) is 6.55. The molecular weight excluding hydrogens is 144 g/mol. The first-order valence-corrected chi connectivity index (χ1v) is 5.29. The van der Waals surface area contributed by atoms with Crippen molar-refractivity contribution in [2.24, 2.45) is 0 Å². The highest BCUT2D eigenvalue weighted by Crippen LogP contribution is 1.92. The Morgan fingerprint density at radius 3 is 2.60 bits per heavy atom. The van der Waals surface area contributed by atoms with Gasteiger partial charge in [0.25, 0.3) is 0 Å². The zero-order valence-corrected chi connectivity index (χ0v) is 7.97. The van der Waals surface area contributed by atoms with Crippen LogP contribution in [-0.2, 0) is 4.79 Å². The minimum Gasteiger partial charge on any atom is -0.481 e. The Morgan fingerprint density at radius 2 is 2.20 bits per heavy atom. The maximum Gasteiger partial charge on any atom is 0.303 e. The van der Waals surface area contributed by atoms with Gasteiger partial charge in [-0.2, -0.15) is 0 Å². The summed E-state index contributed by atoms with van der Waals surface area (Å²) in [4.78, 5) is 10.0. The predicted molar refractivity (Wildman–Crippen MR) is 45.0 cm³/mol. The van der Waals surface area contributed by atoms with Crippen molar-refractivity contribution >= 4 is 15.5 Å². The van der Waals surface area contributed by atoms with Crippen molar-refractivity contribution in [3.05, 3.63) is 11.3 Å². The molecular formula is C7H14O2Si. The van der Waals surface area contributed by atoms with Gasteiger partial charge >= 0.3 is 5.97 Å². The fourth-order valence-corrected chi connectivity index (χ4v) is 1.93. The first-order valence-electron chi connectivity index (χ1n) is 3.48. The molecule has 0 aliphatic heterocycles. The molecule has 0 aliphatic carbocycles. The molecule has 0 aromatic carbocycles. The number of hydrogen-bond donors (Lipinski definition) is 1. The number of allylic oxidation sites excluding steroid dienone is 1. The van der Waals surface area contributed by atoms with Crippen LogP contribution in [0.2, 0.25) is 6.04 Å². The summed E-state index contributed by atoms with van der Waals surface area (Å²) in [5.74, 6) is -0.672. The fourth-order valence-electron chi connectivity index (χ4n) is 0.644. The molecule has 0 saturated heterocycles. The molecule has 0 radical (unpaired) electrons. The molecule has 0 aromatic rings. The van der Waals surface area contributed by atoms with Crippen molar-refractivity contribution in [3.8, 4) is 0 Å². The normalized spacial score (nSPS) is 10.2. The van der Waals surface area contributed by atoms with E-state index in [4.69, 9.17) is 5.11 Å². The van der Waals surface area contributed by atoms with Crippen molar-refractivity contribution in [2.75, 3.05) is 0 Å². The van der Waals surface area contributed by atoms with Crippen LogP contribution in [0.15, 0.2) is 11.3 Å². The van der Waals surface area contributed by atoms with Crippen LogP contribution in [0, 0.1) is 0 Å². The van der Waals surface area contributed by atoms with Gasteiger partial charge in [0.05, 0.1) is 0 Å². The Labute approximate surface area is 63.8 Å². The molecule has 0 rings (SSSR count). The summed E-state index contributed by atoms with van der Waals surface area (Å²) < 4.78 is 0. The molecule has 0 atom stereocenters. The average Bonchev–Trinajstić information content (AvgIpc) is 1.79. The number of rotatable bonds is 4. The third-order valence-electron chi connectivity index (χ3n) is 1.15. The van der Waals surface area contributed by atoms with E-state index in [0.717, 1.165) is 6.04 Å². The maximum atomic E-state index is 10.0. The smallest absolute Gasteiger partial charge is 0.303 e. The van der Waals surface area contributed by atoms with Crippen LogP contribution in [-0.4, -0.2) is 20.6 Å². The highest BCUT2D eigenvalue weighted by atomic mass is 28.2. The topological polar surface area (TPSA) is 37.3 Å². The minimum absolute atomic E-state index is 0.222. The van der Waals surface area contributed by atoms with Crippen molar-refractivity contribution in [2.45, 2.75) is 26.3 Å². The lowest BCUT2D eigenvalue weighted by Crippen LogP contribution is -1.96. The average molecular weight is 158 g/mol. The molecule has 58 valence electrons. The minimum atomic E-state index is -0.672. The van der Waals surface area contributed by atoms with Crippen molar-refractivity contribution in [3.63, 3.8) is 0 Å². The lowest BCUT2D eigenvalue weighted by molar-refractivity contribution is -0.136. The van der Waals surface area contributed by atoms with Gasteiger partial charge in [0.2, 0.25) is 0 Å². The summed E-state index contributed by atoms with van der Waals surface area (Å²) in [5.41, 5.74) is 3.51. The predicted octanol–water partition coefficient (Wildman–Crippen LogP) is 0.972. The second kappa shape index (κ2) is 5.23. The Balaban J connectivity index is 3.21. The van der Waals surface area contributed by atoms with Crippen LogP contribution < -0.4 is 0 Å². The van der Waals surface area contributed by atoms with Gasteiger partial charge in [-0.1, -0.05) is 5.57 Å². The largest absolute Gasteiger partial charge is 0.481 e. The molecule has 0 bridgehead atoms. The first kappa shape index (κ1) is 9.43. The molecule has 0 amide bonds. The second-order valence-corrected chi connectivity index (χ2v) is 4.26. The van der Waals surface area contributed by atoms with E-state index >= 15 is 0 Å². The molecule has 0 fully saturated rings. The molecule has 2 nitrogen and oxygen atoms in total. The van der Waals surface area contributed by atoms with Gasteiger partial charge in [-0.15, -0.1) is 5.70 Å². The fraction of sp³-hybridized carbons (Fsp3) is 0.571. The molecule has 1 N–H and O–H groups in total. The Hall–Kier alpha value is -0.573. The highest BCUT2D eigenvalue weighted by molar-refractivity contribution is 6.42. The van der Waals surface area contributed by atoms with Gasteiger partial charge < -0.3 is 5.11 Å². The number of aliphatic carboxylic acids is 1. The molecule has 0 spiro atoms. The third-order valence-corrected chi connectivity index (χ3v) is 3.01. The maximum absolute atomic E-state index is 10.0. The van der Waals surface area contributed by atoms with E-state index in [0.29, 0.717) is 6.42 Å². The summed E-state index contributed by atoms with van der Waals surface area (Å²) in [6, 6.07) is 0.889. The Kier molecular flexibility index (Phi) is 4.93. The van der Waals surface area contributed by atoms with E-state index < -0.39 is 5.97 Å². The molecule has 0 unspecified atom stereocenters. The molecule has 0 aliphatic rings. The van der Waals surface area contributed by atoms with Crippen molar-refractivity contribution < 1.29 is 9.90 Å². The van der Waals surface area contributed by atoms with E-state index in [1.54, 1.807) is 0 Å². The van der Waals surface area contributed by atoms with E-state index in [9.17, 15) is 4.79 Å². The van der Waals surface area contributed by atoms with Crippen LogP contribution in [0.4, 0.5) is 0 Å². The molecule has 0 saturated carbocycles. The van der Waals surface area contributed by atoms with E-state index in [1.807, 2.05) is 13.8 Å². The summed E-state index contributed by atoms with van der Waals surface area (Å²) in [6.07, 6.45) is 0.343. The summed E-state index contributed by atoms with van der Waals surface area (Å²) in [7, 11) is -0.222. The number of carbonyl (C=O) groups is 1. The number of carboxylic acids is 1. The highest BCUT2D eigenvalue weighted by Gasteiger charge is 1.93. The standard InChI is InChI=1S/C7H14O2Si/c1-6(2)5-10-4-3-7(8)9/h5H,3-4,10H2,1-2H3,(H,8,9). The molecule has 0 heterocycles. The van der Waals surface area contributed by atoms with Crippen molar-refractivity contribution in [1.82, 2.24) is 0 Å². The lowest BCUT2D eigenvalue weighted by Gasteiger charge is -1.90. The SMILES string of the molecule is CC(C)=C[SiH2]CCC(=O)O. The van der Waals surface area contributed by atoms with E-state index in [2.05, 4.69) is 5.70 Å². The summed E-state index contributed by atoms with van der Waals surface area (Å²) >= 11 is 0. The molecule has 0 aromatic heterocycles. The zero-order chi connectivity index (χ0) is 7.98. The van der Waals surface area contributed by atoms with Gasteiger partial charge in [0.1, 0.15) is 0 Å². The van der Waals surface area contributed by atoms with Gasteiger partial charge in [0.15, 0.2) is 0 Å². The van der Waals surface area contributed by atoms with Crippen LogP contribution in [0.25, 0.3) is 0 Å². The van der Waals surface area contributed by atoms with Crippen LogP contribution in [0.3, 0.4) is 0 Å². The van der Waals surface area contributed by atoms with E-state index in [-0.39, 0.29) is 9.52 Å². The molecule has 10 heavy (non-hydrogen) atoms. The van der Waals surface area contributed by atoms with Gasteiger partial charge in [-0.05, 0) is 19.9 Å². The van der Waals surface area contributed by atoms with Crippen LogP contribution in [0.1, 0.15) is 20.3 Å². The molecule has 3 heteroatoms. The second-order valence-electron chi connectivity index (χ2n) is 2.57. The van der Waals surface area contributed by atoms with Gasteiger partial charge in [-0.3, -0.25) is 4.79 Å². The van der Waals surface area contributed by atoms with E-state index in [1.165, 1.54) is 5.57 Å².